The van der Waals surface area contributed by atoms with Gasteiger partial charge in [0.1, 0.15) is 0 Å². The lowest BCUT2D eigenvalue weighted by atomic mass is 10.0. The Balaban J connectivity index is 1.62. The first-order valence-corrected chi connectivity index (χ1v) is 7.30. The summed E-state index contributed by atoms with van der Waals surface area (Å²) in [6.07, 6.45) is 2.22. The fraction of sp³-hybridized carbons (Fsp3) is 0.500. The Morgan fingerprint density at radius 3 is 2.65 bits per heavy atom. The minimum absolute atomic E-state index is 0.0153. The van der Waals surface area contributed by atoms with E-state index in [0.717, 1.165) is 32.5 Å². The van der Waals surface area contributed by atoms with Crippen LogP contribution in [0.15, 0.2) is 30.3 Å². The number of piperidine rings is 1. The molecule has 2 saturated heterocycles. The summed E-state index contributed by atoms with van der Waals surface area (Å²) in [5.41, 5.74) is 1.30. The van der Waals surface area contributed by atoms with Gasteiger partial charge >= 0.3 is 0 Å². The lowest BCUT2D eigenvalue weighted by Gasteiger charge is -2.37. The van der Waals surface area contributed by atoms with Gasteiger partial charge < -0.3 is 4.90 Å². The molecule has 2 aliphatic heterocycles. The molecule has 0 unspecified atom stereocenters. The Morgan fingerprint density at radius 1 is 1.15 bits per heavy atom. The molecule has 0 radical (unpaired) electrons. The van der Waals surface area contributed by atoms with Gasteiger partial charge in [-0.25, -0.2) is 0 Å². The van der Waals surface area contributed by atoms with Crippen molar-refractivity contribution in [3.8, 4) is 0 Å². The van der Waals surface area contributed by atoms with Gasteiger partial charge in [-0.3, -0.25) is 14.5 Å². The molecule has 106 valence electrons. The Bertz CT molecular complexity index is 500. The number of likely N-dealkylation sites (tertiary alicyclic amines) is 2. The van der Waals surface area contributed by atoms with Crippen LogP contribution < -0.4 is 0 Å². The second-order valence-electron chi connectivity index (χ2n) is 5.75. The van der Waals surface area contributed by atoms with Crippen LogP contribution in [0.2, 0.25) is 0 Å². The fourth-order valence-electron chi connectivity index (χ4n) is 3.21. The molecule has 4 nitrogen and oxygen atoms in total. The van der Waals surface area contributed by atoms with Crippen LogP contribution in [0.4, 0.5) is 0 Å². The number of Topliss-reactive ketones (excluding diaryl/α,β-unsaturated/α-hetero) is 1. The van der Waals surface area contributed by atoms with Gasteiger partial charge in [-0.05, 0) is 24.9 Å². The SMILES string of the molecule is O=C1CC(=O)N([C@@H]2CCCN(Cc3ccccc3)C2)C1. The summed E-state index contributed by atoms with van der Waals surface area (Å²) in [4.78, 5) is 27.4. The molecule has 2 heterocycles. The van der Waals surface area contributed by atoms with E-state index in [9.17, 15) is 9.59 Å². The number of ketones is 1. The molecule has 20 heavy (non-hydrogen) atoms. The van der Waals surface area contributed by atoms with Crippen LogP contribution in [0.25, 0.3) is 0 Å². The summed E-state index contributed by atoms with van der Waals surface area (Å²) in [7, 11) is 0. The summed E-state index contributed by atoms with van der Waals surface area (Å²) in [6.45, 7) is 3.20. The average molecular weight is 272 g/mol. The van der Waals surface area contributed by atoms with Crippen LogP contribution in [0.1, 0.15) is 24.8 Å². The molecule has 3 rings (SSSR count). The lowest BCUT2D eigenvalue weighted by Crippen LogP contribution is -2.48. The van der Waals surface area contributed by atoms with Crippen molar-refractivity contribution in [3.05, 3.63) is 35.9 Å². The molecule has 4 heteroatoms. The van der Waals surface area contributed by atoms with E-state index in [1.54, 1.807) is 4.90 Å². The number of carbonyl (C=O) groups is 2. The third kappa shape index (κ3) is 2.90. The molecular formula is C16H20N2O2. The smallest absolute Gasteiger partial charge is 0.230 e. The maximum Gasteiger partial charge on any atom is 0.230 e. The third-order valence-electron chi connectivity index (χ3n) is 4.19. The van der Waals surface area contributed by atoms with E-state index in [0.29, 0.717) is 6.54 Å². The Labute approximate surface area is 119 Å². The van der Waals surface area contributed by atoms with Crippen LogP contribution >= 0.6 is 0 Å². The number of carbonyl (C=O) groups excluding carboxylic acids is 2. The third-order valence-corrected chi connectivity index (χ3v) is 4.19. The molecule has 0 aliphatic carbocycles. The monoisotopic (exact) mass is 272 g/mol. The Kier molecular flexibility index (Phi) is 3.83. The van der Waals surface area contributed by atoms with Gasteiger partial charge in [0, 0.05) is 19.1 Å². The first-order valence-electron chi connectivity index (χ1n) is 7.30. The topological polar surface area (TPSA) is 40.6 Å². The van der Waals surface area contributed by atoms with E-state index >= 15 is 0 Å². The molecule has 0 bridgehead atoms. The zero-order valence-corrected chi connectivity index (χ0v) is 11.6. The van der Waals surface area contributed by atoms with Crippen molar-refractivity contribution in [1.29, 1.82) is 0 Å². The van der Waals surface area contributed by atoms with Crippen molar-refractivity contribution in [2.24, 2.45) is 0 Å². The van der Waals surface area contributed by atoms with Crippen molar-refractivity contribution >= 4 is 11.7 Å². The van der Waals surface area contributed by atoms with E-state index in [2.05, 4.69) is 29.2 Å². The molecule has 1 aromatic rings. The predicted molar refractivity (Wildman–Crippen MR) is 76.1 cm³/mol. The summed E-state index contributed by atoms with van der Waals surface area (Å²) < 4.78 is 0. The first-order chi connectivity index (χ1) is 9.72. The maximum absolute atomic E-state index is 11.8. The number of benzene rings is 1. The first kappa shape index (κ1) is 13.3. The van der Waals surface area contributed by atoms with Crippen LogP contribution in [-0.4, -0.2) is 47.2 Å². The number of rotatable bonds is 3. The number of nitrogens with zero attached hydrogens (tertiary/aromatic N) is 2. The minimum Gasteiger partial charge on any atom is -0.331 e. The van der Waals surface area contributed by atoms with Gasteiger partial charge in [0.2, 0.25) is 5.91 Å². The lowest BCUT2D eigenvalue weighted by molar-refractivity contribution is -0.130. The molecule has 1 atom stereocenters. The highest BCUT2D eigenvalue weighted by Gasteiger charge is 2.35. The molecule has 0 saturated carbocycles. The number of hydrogen-bond acceptors (Lipinski definition) is 3. The summed E-state index contributed by atoms with van der Waals surface area (Å²) >= 11 is 0. The van der Waals surface area contributed by atoms with Crippen molar-refractivity contribution in [3.63, 3.8) is 0 Å². The van der Waals surface area contributed by atoms with Crippen molar-refractivity contribution in [2.45, 2.75) is 31.8 Å². The van der Waals surface area contributed by atoms with Gasteiger partial charge in [0.25, 0.3) is 0 Å². The van der Waals surface area contributed by atoms with E-state index in [4.69, 9.17) is 0 Å². The van der Waals surface area contributed by atoms with Gasteiger partial charge in [-0.15, -0.1) is 0 Å². The zero-order valence-electron chi connectivity index (χ0n) is 11.6. The largest absolute Gasteiger partial charge is 0.331 e. The predicted octanol–water partition coefficient (Wildman–Crippen LogP) is 1.45. The number of hydrogen-bond donors (Lipinski definition) is 0. The molecular weight excluding hydrogens is 252 g/mol. The van der Waals surface area contributed by atoms with Gasteiger partial charge in [0.05, 0.1) is 13.0 Å². The van der Waals surface area contributed by atoms with Crippen molar-refractivity contribution in [1.82, 2.24) is 9.80 Å². The van der Waals surface area contributed by atoms with E-state index < -0.39 is 0 Å². The van der Waals surface area contributed by atoms with E-state index in [1.807, 2.05) is 6.07 Å². The average Bonchev–Trinajstić information content (AvgIpc) is 2.79. The summed E-state index contributed by atoms with van der Waals surface area (Å²) in [5.74, 6) is 0.0803. The normalized spacial score (nSPS) is 24.4. The van der Waals surface area contributed by atoms with Crippen LogP contribution in [0.5, 0.6) is 0 Å². The van der Waals surface area contributed by atoms with Crippen LogP contribution in [-0.2, 0) is 16.1 Å². The fourth-order valence-corrected chi connectivity index (χ4v) is 3.21. The highest BCUT2D eigenvalue weighted by molar-refractivity contribution is 6.05. The van der Waals surface area contributed by atoms with E-state index in [1.165, 1.54) is 5.56 Å². The molecule has 2 aliphatic rings. The second kappa shape index (κ2) is 5.75. The van der Waals surface area contributed by atoms with Crippen molar-refractivity contribution < 1.29 is 9.59 Å². The highest BCUT2D eigenvalue weighted by atomic mass is 16.2. The quantitative estimate of drug-likeness (QED) is 0.782. The van der Waals surface area contributed by atoms with Gasteiger partial charge in [-0.2, -0.15) is 0 Å². The molecule has 0 N–H and O–H groups in total. The Morgan fingerprint density at radius 2 is 1.95 bits per heavy atom. The van der Waals surface area contributed by atoms with Crippen LogP contribution in [0, 0.1) is 0 Å². The standard InChI is InChI=1S/C16H20N2O2/c19-15-9-16(20)18(12-15)14-7-4-8-17(11-14)10-13-5-2-1-3-6-13/h1-3,5-6,14H,4,7-12H2/t14-/m1/s1. The van der Waals surface area contributed by atoms with E-state index in [-0.39, 0.29) is 24.2 Å². The van der Waals surface area contributed by atoms with Gasteiger partial charge in [0.15, 0.2) is 5.78 Å². The van der Waals surface area contributed by atoms with Gasteiger partial charge in [-0.1, -0.05) is 30.3 Å². The minimum atomic E-state index is 0.0153. The maximum atomic E-state index is 11.8. The molecule has 2 fully saturated rings. The van der Waals surface area contributed by atoms with Crippen LogP contribution in [0.3, 0.4) is 0 Å². The summed E-state index contributed by atoms with van der Waals surface area (Å²) in [5, 5.41) is 0. The summed E-state index contributed by atoms with van der Waals surface area (Å²) in [6, 6.07) is 10.6. The highest BCUT2D eigenvalue weighted by Crippen LogP contribution is 2.21. The second-order valence-corrected chi connectivity index (χ2v) is 5.75. The molecule has 1 amide bonds. The molecule has 1 aromatic carbocycles. The number of amides is 1. The Hall–Kier alpha value is -1.68. The molecule has 0 aromatic heterocycles. The van der Waals surface area contributed by atoms with Crippen molar-refractivity contribution in [2.75, 3.05) is 19.6 Å². The zero-order chi connectivity index (χ0) is 13.9. The molecule has 0 spiro atoms.